The summed E-state index contributed by atoms with van der Waals surface area (Å²) in [5.41, 5.74) is 0.562. The number of aliphatic hydroxyl groups is 1. The van der Waals surface area contributed by atoms with Crippen molar-refractivity contribution in [2.24, 2.45) is 0 Å². The van der Waals surface area contributed by atoms with Gasteiger partial charge in [0.2, 0.25) is 0 Å². The zero-order valence-corrected chi connectivity index (χ0v) is 14.1. The van der Waals surface area contributed by atoms with Crippen molar-refractivity contribution in [2.75, 3.05) is 34.3 Å². The molecule has 1 saturated heterocycles. The maximum absolute atomic E-state index is 12.8. The number of hydrogen-bond acceptors (Lipinski definition) is 4. The number of aliphatic hydroxyl groups excluding tert-OH is 1. The van der Waals surface area contributed by atoms with Crippen LogP contribution in [0.15, 0.2) is 22.7 Å². The molecular weight excluding hydrogens is 336 g/mol. The van der Waals surface area contributed by atoms with Gasteiger partial charge in [-0.3, -0.25) is 4.79 Å². The molecule has 1 N–H and O–H groups in total. The highest BCUT2D eigenvalue weighted by Gasteiger charge is 2.35. The third-order valence-electron chi connectivity index (χ3n) is 3.63. The maximum atomic E-state index is 12.8. The number of likely N-dealkylation sites (N-methyl/N-ethyl adjacent to an activating group) is 1. The summed E-state index contributed by atoms with van der Waals surface area (Å²) >= 11 is 3.42. The first-order valence-corrected chi connectivity index (χ1v) is 7.69. The molecule has 5 nitrogen and oxygen atoms in total. The number of benzene rings is 1. The Hall–Kier alpha value is -1.11. The highest BCUT2D eigenvalue weighted by atomic mass is 79.9. The zero-order chi connectivity index (χ0) is 15.6. The summed E-state index contributed by atoms with van der Waals surface area (Å²) < 4.78 is 5.92. The molecule has 1 aromatic carbocycles. The summed E-state index contributed by atoms with van der Waals surface area (Å²) in [6.45, 7) is 1.12. The van der Waals surface area contributed by atoms with E-state index in [1.54, 1.807) is 30.2 Å². The minimum absolute atomic E-state index is 0.0283. The molecule has 0 bridgehead atoms. The molecule has 1 aliphatic heterocycles. The van der Waals surface area contributed by atoms with Gasteiger partial charge in [0.05, 0.1) is 18.8 Å². The van der Waals surface area contributed by atoms with Crippen LogP contribution in [0.2, 0.25) is 0 Å². The predicted molar refractivity (Wildman–Crippen MR) is 84.7 cm³/mol. The van der Waals surface area contributed by atoms with Crippen molar-refractivity contribution in [3.8, 4) is 5.75 Å². The van der Waals surface area contributed by atoms with Crippen molar-refractivity contribution >= 4 is 21.8 Å². The van der Waals surface area contributed by atoms with Gasteiger partial charge in [-0.15, -0.1) is 0 Å². The summed E-state index contributed by atoms with van der Waals surface area (Å²) in [4.78, 5) is 16.6. The highest BCUT2D eigenvalue weighted by molar-refractivity contribution is 9.10. The fourth-order valence-corrected chi connectivity index (χ4v) is 3.10. The average Bonchev–Trinajstić information content (AvgIpc) is 2.78. The second kappa shape index (κ2) is 6.77. The number of rotatable bonds is 4. The third-order valence-corrected chi connectivity index (χ3v) is 4.32. The third kappa shape index (κ3) is 3.75. The van der Waals surface area contributed by atoms with E-state index in [4.69, 9.17) is 4.74 Å². The first-order chi connectivity index (χ1) is 9.92. The molecule has 21 heavy (non-hydrogen) atoms. The Morgan fingerprint density at radius 3 is 2.86 bits per heavy atom. The Balaban J connectivity index is 2.25. The molecule has 1 amide bonds. The number of carbonyl (C=O) groups is 1. The van der Waals surface area contributed by atoms with E-state index in [0.29, 0.717) is 24.3 Å². The van der Waals surface area contributed by atoms with Crippen LogP contribution in [0.3, 0.4) is 0 Å². The fraction of sp³-hybridized carbons (Fsp3) is 0.533. The van der Waals surface area contributed by atoms with Gasteiger partial charge in [0.1, 0.15) is 5.75 Å². The first kappa shape index (κ1) is 16.3. The van der Waals surface area contributed by atoms with Crippen LogP contribution in [0.1, 0.15) is 16.8 Å². The summed E-state index contributed by atoms with van der Waals surface area (Å²) in [6.07, 6.45) is 0.161. The van der Waals surface area contributed by atoms with E-state index in [2.05, 4.69) is 15.9 Å². The maximum Gasteiger partial charge on any atom is 0.255 e. The summed E-state index contributed by atoms with van der Waals surface area (Å²) in [6, 6.07) is 5.36. The monoisotopic (exact) mass is 356 g/mol. The molecule has 0 spiro atoms. The van der Waals surface area contributed by atoms with Gasteiger partial charge in [0.15, 0.2) is 0 Å². The number of nitrogens with zero attached hydrogens (tertiary/aromatic N) is 2. The summed E-state index contributed by atoms with van der Waals surface area (Å²) in [5, 5.41) is 9.90. The number of likely N-dealkylation sites (tertiary alicyclic amines) is 1. The summed E-state index contributed by atoms with van der Waals surface area (Å²) in [7, 11) is 5.51. The minimum atomic E-state index is -0.455. The van der Waals surface area contributed by atoms with E-state index < -0.39 is 6.10 Å². The predicted octanol–water partition coefficient (Wildman–Crippen LogP) is 1.59. The van der Waals surface area contributed by atoms with E-state index in [9.17, 15) is 9.90 Å². The molecule has 2 unspecified atom stereocenters. The van der Waals surface area contributed by atoms with E-state index in [1.807, 2.05) is 19.0 Å². The van der Waals surface area contributed by atoms with Crippen LogP contribution in [-0.2, 0) is 0 Å². The quantitative estimate of drug-likeness (QED) is 0.890. The molecule has 0 radical (unpaired) electrons. The first-order valence-electron chi connectivity index (χ1n) is 6.89. The van der Waals surface area contributed by atoms with Gasteiger partial charge in [-0.2, -0.15) is 0 Å². The topological polar surface area (TPSA) is 53.0 Å². The van der Waals surface area contributed by atoms with Crippen molar-refractivity contribution in [1.29, 1.82) is 0 Å². The van der Waals surface area contributed by atoms with Crippen LogP contribution in [0.5, 0.6) is 5.75 Å². The second-order valence-electron chi connectivity index (χ2n) is 5.61. The van der Waals surface area contributed by atoms with Gasteiger partial charge in [-0.25, -0.2) is 0 Å². The molecule has 6 heteroatoms. The normalized spacial score (nSPS) is 21.9. The number of amides is 1. The number of ether oxygens (including phenoxy) is 1. The van der Waals surface area contributed by atoms with Crippen LogP contribution < -0.4 is 4.74 Å². The fourth-order valence-electron chi connectivity index (χ4n) is 2.69. The smallest absolute Gasteiger partial charge is 0.255 e. The van der Waals surface area contributed by atoms with E-state index in [1.165, 1.54) is 0 Å². The molecule has 1 heterocycles. The highest BCUT2D eigenvalue weighted by Crippen LogP contribution is 2.27. The van der Waals surface area contributed by atoms with Crippen molar-refractivity contribution in [3.05, 3.63) is 28.2 Å². The molecular formula is C15H21BrN2O3. The lowest BCUT2D eigenvalue weighted by Crippen LogP contribution is -2.41. The number of halogens is 1. The van der Waals surface area contributed by atoms with Crippen LogP contribution >= 0.6 is 15.9 Å². The summed E-state index contributed by atoms with van der Waals surface area (Å²) in [5.74, 6) is 0.564. The molecule has 1 aliphatic rings. The SMILES string of the molecule is COc1ccc(Br)c(C(=O)N2CC(O)CC2CN(C)C)c1. The van der Waals surface area contributed by atoms with Crippen molar-refractivity contribution < 1.29 is 14.6 Å². The number of β-amino-alcohol motifs (C(OH)–C–C–N with tert-alkyl or cyclic N) is 1. The Morgan fingerprint density at radius 2 is 2.24 bits per heavy atom. The molecule has 2 atom stereocenters. The minimum Gasteiger partial charge on any atom is -0.497 e. The van der Waals surface area contributed by atoms with E-state index in [-0.39, 0.29) is 11.9 Å². The Morgan fingerprint density at radius 1 is 1.52 bits per heavy atom. The van der Waals surface area contributed by atoms with Gasteiger partial charge < -0.3 is 19.6 Å². The van der Waals surface area contributed by atoms with Crippen molar-refractivity contribution in [1.82, 2.24) is 9.80 Å². The van der Waals surface area contributed by atoms with Crippen LogP contribution in [0, 0.1) is 0 Å². The molecule has 0 saturated carbocycles. The van der Waals surface area contributed by atoms with Gasteiger partial charge in [0, 0.05) is 23.6 Å². The Labute approximate surface area is 133 Å². The Bertz CT molecular complexity index is 522. The van der Waals surface area contributed by atoms with Crippen molar-refractivity contribution in [2.45, 2.75) is 18.6 Å². The zero-order valence-electron chi connectivity index (χ0n) is 12.5. The molecule has 0 aliphatic carbocycles. The lowest BCUT2D eigenvalue weighted by atomic mass is 10.1. The second-order valence-corrected chi connectivity index (χ2v) is 6.46. The van der Waals surface area contributed by atoms with Gasteiger partial charge in [0.25, 0.3) is 5.91 Å². The van der Waals surface area contributed by atoms with Gasteiger partial charge in [-0.1, -0.05) is 0 Å². The average molecular weight is 357 g/mol. The molecule has 116 valence electrons. The lowest BCUT2D eigenvalue weighted by Gasteiger charge is -2.27. The van der Waals surface area contributed by atoms with Gasteiger partial charge >= 0.3 is 0 Å². The van der Waals surface area contributed by atoms with E-state index >= 15 is 0 Å². The lowest BCUT2D eigenvalue weighted by molar-refractivity contribution is 0.0698. The van der Waals surface area contributed by atoms with Crippen LogP contribution in [0.4, 0.5) is 0 Å². The number of methoxy groups -OCH3 is 1. The largest absolute Gasteiger partial charge is 0.497 e. The number of carbonyl (C=O) groups excluding carboxylic acids is 1. The van der Waals surface area contributed by atoms with Crippen LogP contribution in [0.25, 0.3) is 0 Å². The molecule has 0 aromatic heterocycles. The van der Waals surface area contributed by atoms with Gasteiger partial charge in [-0.05, 0) is 54.6 Å². The van der Waals surface area contributed by atoms with Crippen molar-refractivity contribution in [3.63, 3.8) is 0 Å². The molecule has 2 rings (SSSR count). The van der Waals surface area contributed by atoms with Crippen LogP contribution in [-0.4, -0.2) is 67.3 Å². The Kier molecular flexibility index (Phi) is 5.24. The molecule has 1 fully saturated rings. The standard InChI is InChI=1S/C15H21BrN2O3/c1-17(2)8-10-6-11(19)9-18(10)15(20)13-7-12(21-3)4-5-14(13)16/h4-5,7,10-11,19H,6,8-9H2,1-3H3. The number of hydrogen-bond donors (Lipinski definition) is 1. The molecule has 1 aromatic rings. The van der Waals surface area contributed by atoms with E-state index in [0.717, 1.165) is 11.0 Å².